The number of hydrogen-bond acceptors (Lipinski definition) is 6. The third-order valence-corrected chi connectivity index (χ3v) is 8.01. The summed E-state index contributed by atoms with van der Waals surface area (Å²) in [7, 11) is 1.53. The molecule has 1 amide bonds. The molecule has 1 saturated heterocycles. The molecule has 1 aromatic heterocycles. The first-order chi connectivity index (χ1) is 19.9. The van der Waals surface area contributed by atoms with Gasteiger partial charge in [-0.25, -0.2) is 4.39 Å². The third-order valence-electron chi connectivity index (χ3n) is 8.01. The number of ketones is 2. The Labute approximate surface area is 236 Å². The Kier molecular flexibility index (Phi) is 6.99. The molecule has 0 unspecified atom stereocenters. The van der Waals surface area contributed by atoms with E-state index in [4.69, 9.17) is 9.47 Å². The molecule has 0 bridgehead atoms. The zero-order valence-corrected chi connectivity index (χ0v) is 22.7. The van der Waals surface area contributed by atoms with Gasteiger partial charge in [-0.2, -0.15) is 0 Å². The van der Waals surface area contributed by atoms with E-state index in [9.17, 15) is 18.8 Å². The summed E-state index contributed by atoms with van der Waals surface area (Å²) in [6.07, 6.45) is 4.00. The van der Waals surface area contributed by atoms with Crippen LogP contribution in [0, 0.1) is 11.2 Å². The van der Waals surface area contributed by atoms with Crippen molar-refractivity contribution >= 4 is 28.4 Å². The number of likely N-dealkylation sites (tertiary alicyclic amines) is 1. The highest BCUT2D eigenvalue weighted by molar-refractivity contribution is 6.11. The van der Waals surface area contributed by atoms with Crippen LogP contribution in [0.15, 0.2) is 72.9 Å². The van der Waals surface area contributed by atoms with Crippen molar-refractivity contribution in [1.82, 2.24) is 9.88 Å². The minimum Gasteiger partial charge on any atom is -0.496 e. The lowest BCUT2D eigenvalue weighted by Gasteiger charge is -2.31. The first-order valence-corrected chi connectivity index (χ1v) is 13.7. The van der Waals surface area contributed by atoms with E-state index < -0.39 is 5.41 Å². The van der Waals surface area contributed by atoms with E-state index in [0.717, 1.165) is 25.1 Å². The van der Waals surface area contributed by atoms with Gasteiger partial charge in [0.1, 0.15) is 23.1 Å². The van der Waals surface area contributed by atoms with E-state index in [2.05, 4.69) is 4.98 Å². The second kappa shape index (κ2) is 10.8. The molecule has 41 heavy (non-hydrogen) atoms. The zero-order chi connectivity index (χ0) is 28.6. The van der Waals surface area contributed by atoms with E-state index >= 15 is 0 Å². The number of methoxy groups -OCH3 is 1. The van der Waals surface area contributed by atoms with Gasteiger partial charge >= 0.3 is 0 Å². The molecular weight excluding hydrogens is 523 g/mol. The van der Waals surface area contributed by atoms with Crippen molar-refractivity contribution in [2.45, 2.75) is 32.1 Å². The number of halogens is 1. The highest BCUT2D eigenvalue weighted by Crippen LogP contribution is 2.49. The maximum atomic E-state index is 13.2. The molecule has 3 aromatic carbocycles. The first kappa shape index (κ1) is 26.6. The van der Waals surface area contributed by atoms with Gasteiger partial charge in [-0.15, -0.1) is 0 Å². The lowest BCUT2D eigenvalue weighted by molar-refractivity contribution is -0.133. The lowest BCUT2D eigenvalue weighted by Crippen LogP contribution is -2.42. The second-order valence-corrected chi connectivity index (χ2v) is 10.7. The predicted octanol–water partition coefficient (Wildman–Crippen LogP) is 5.72. The van der Waals surface area contributed by atoms with Crippen molar-refractivity contribution in [2.24, 2.45) is 5.41 Å². The molecule has 7 nitrogen and oxygen atoms in total. The number of nitrogens with zero attached hydrogens (tertiary/aromatic N) is 2. The summed E-state index contributed by atoms with van der Waals surface area (Å²) in [4.78, 5) is 45.3. The van der Waals surface area contributed by atoms with Crippen molar-refractivity contribution < 1.29 is 28.2 Å². The summed E-state index contributed by atoms with van der Waals surface area (Å²) in [5.41, 5.74) is 1.66. The molecule has 208 valence electrons. The summed E-state index contributed by atoms with van der Waals surface area (Å²) in [5, 5.41) is 0.687. The van der Waals surface area contributed by atoms with Crippen molar-refractivity contribution in [1.29, 1.82) is 0 Å². The fourth-order valence-corrected chi connectivity index (χ4v) is 5.21. The minimum absolute atomic E-state index is 0.0802. The van der Waals surface area contributed by atoms with E-state index in [1.807, 2.05) is 12.1 Å². The van der Waals surface area contributed by atoms with E-state index in [1.54, 1.807) is 53.6 Å². The average molecular weight is 553 g/mol. The van der Waals surface area contributed by atoms with Crippen LogP contribution < -0.4 is 9.47 Å². The standard InChI is InChI=1S/C33H29FN2O5/c1-40-29-20-27-25(19-26(29)32(39)36-15-2-16-36)28(11-14-35-27)41-24-9-5-22(6-10-24)18-31(38)33(12-13-33)30(37)17-21-3-7-23(34)8-4-21/h3-11,14,19-20H,2,12-13,15-18H2,1H3. The Morgan fingerprint density at radius 3 is 2.07 bits per heavy atom. The van der Waals surface area contributed by atoms with Crippen molar-refractivity contribution in [3.05, 3.63) is 95.4 Å². The van der Waals surface area contributed by atoms with Crippen LogP contribution in [0.2, 0.25) is 0 Å². The first-order valence-electron chi connectivity index (χ1n) is 13.7. The number of carbonyl (C=O) groups is 3. The number of ether oxygens (including phenoxy) is 2. The molecule has 4 aromatic rings. The smallest absolute Gasteiger partial charge is 0.257 e. The number of Topliss-reactive ketones (excluding diaryl/α,β-unsaturated/α-hetero) is 2. The average Bonchev–Trinajstić information content (AvgIpc) is 3.76. The van der Waals surface area contributed by atoms with Gasteiger partial charge in [0.2, 0.25) is 0 Å². The second-order valence-electron chi connectivity index (χ2n) is 10.7. The summed E-state index contributed by atoms with van der Waals surface area (Å²) < 4.78 is 24.9. The molecule has 8 heteroatoms. The molecule has 0 radical (unpaired) electrons. The Balaban J connectivity index is 1.16. The van der Waals surface area contributed by atoms with Crippen molar-refractivity contribution in [3.63, 3.8) is 0 Å². The van der Waals surface area contributed by atoms with Crippen LogP contribution in [0.1, 0.15) is 40.7 Å². The molecule has 0 N–H and O–H groups in total. The molecule has 0 atom stereocenters. The van der Waals surface area contributed by atoms with Crippen LogP contribution in [0.5, 0.6) is 17.2 Å². The number of pyridine rings is 1. The van der Waals surface area contributed by atoms with Gasteiger partial charge in [-0.05, 0) is 66.8 Å². The highest BCUT2D eigenvalue weighted by atomic mass is 19.1. The topological polar surface area (TPSA) is 85.8 Å². The minimum atomic E-state index is -0.939. The fraction of sp³-hybridized carbons (Fsp3) is 0.273. The van der Waals surface area contributed by atoms with Gasteiger partial charge < -0.3 is 14.4 Å². The van der Waals surface area contributed by atoms with E-state index in [0.29, 0.717) is 52.1 Å². The van der Waals surface area contributed by atoms with Crippen molar-refractivity contribution in [3.8, 4) is 17.2 Å². The summed E-state index contributed by atoms with van der Waals surface area (Å²) in [6, 6.07) is 18.3. The van der Waals surface area contributed by atoms with Crippen LogP contribution in [-0.4, -0.2) is 47.6 Å². The Morgan fingerprint density at radius 2 is 1.51 bits per heavy atom. The normalized spacial score (nSPS) is 15.2. The van der Waals surface area contributed by atoms with Crippen LogP contribution in [0.4, 0.5) is 4.39 Å². The summed E-state index contributed by atoms with van der Waals surface area (Å²) in [5.74, 6) is 0.941. The van der Waals surface area contributed by atoms with Gasteiger partial charge in [-0.1, -0.05) is 24.3 Å². The number of benzene rings is 3. The lowest BCUT2D eigenvalue weighted by atomic mass is 9.88. The highest BCUT2D eigenvalue weighted by Gasteiger charge is 2.54. The number of carbonyl (C=O) groups excluding carboxylic acids is 3. The third kappa shape index (κ3) is 5.29. The maximum absolute atomic E-state index is 13.2. The number of rotatable bonds is 10. The predicted molar refractivity (Wildman–Crippen MR) is 151 cm³/mol. The molecule has 0 spiro atoms. The summed E-state index contributed by atoms with van der Waals surface area (Å²) >= 11 is 0. The number of hydrogen-bond donors (Lipinski definition) is 0. The van der Waals surface area contributed by atoms with Crippen LogP contribution >= 0.6 is 0 Å². The van der Waals surface area contributed by atoms with Gasteiger partial charge in [0, 0.05) is 43.6 Å². The summed E-state index contributed by atoms with van der Waals surface area (Å²) in [6.45, 7) is 1.46. The number of aromatic nitrogens is 1. The van der Waals surface area contributed by atoms with Crippen LogP contribution in [0.25, 0.3) is 10.9 Å². The van der Waals surface area contributed by atoms with Gasteiger partial charge in [0.05, 0.1) is 23.6 Å². The maximum Gasteiger partial charge on any atom is 0.257 e. The zero-order valence-electron chi connectivity index (χ0n) is 22.7. The van der Waals surface area contributed by atoms with Crippen LogP contribution in [0.3, 0.4) is 0 Å². The van der Waals surface area contributed by atoms with Gasteiger partial charge in [0.25, 0.3) is 5.91 Å². The Hall–Kier alpha value is -4.59. The molecule has 1 aliphatic heterocycles. The number of amides is 1. The van der Waals surface area contributed by atoms with E-state index in [1.165, 1.54) is 19.2 Å². The Morgan fingerprint density at radius 1 is 0.878 bits per heavy atom. The molecule has 2 heterocycles. The molecule has 1 saturated carbocycles. The fourth-order valence-electron chi connectivity index (χ4n) is 5.21. The monoisotopic (exact) mass is 552 g/mol. The molecular formula is C33H29FN2O5. The molecule has 2 fully saturated rings. The molecule has 6 rings (SSSR count). The Bertz CT molecular complexity index is 1640. The molecule has 2 aliphatic rings. The number of fused-ring (bicyclic) bond motifs is 1. The van der Waals surface area contributed by atoms with Crippen molar-refractivity contribution in [2.75, 3.05) is 20.2 Å². The van der Waals surface area contributed by atoms with Crippen LogP contribution in [-0.2, 0) is 22.4 Å². The van der Waals surface area contributed by atoms with Gasteiger partial charge in [-0.3, -0.25) is 19.4 Å². The van der Waals surface area contributed by atoms with E-state index in [-0.39, 0.29) is 36.1 Å². The quantitative estimate of drug-likeness (QED) is 0.234. The molecule has 1 aliphatic carbocycles. The SMILES string of the molecule is COc1cc2nccc(Oc3ccc(CC(=O)C4(C(=O)Cc5ccc(F)cc5)CC4)cc3)c2cc1C(=O)N1CCC1. The largest absolute Gasteiger partial charge is 0.496 e. The van der Waals surface area contributed by atoms with Gasteiger partial charge in [0.15, 0.2) is 11.6 Å².